The highest BCUT2D eigenvalue weighted by Gasteiger charge is 1.97. The highest BCUT2D eigenvalue weighted by atomic mass is 16.6. The summed E-state index contributed by atoms with van der Waals surface area (Å²) < 4.78 is 86.4. The summed E-state index contributed by atoms with van der Waals surface area (Å²) in [5.74, 6) is 4.79. The quantitative estimate of drug-likeness (QED) is 0.0628. The Morgan fingerprint density at radius 2 is 0.269 bits per heavy atom. The zero-order valence-corrected chi connectivity index (χ0v) is 31.3. The molecule has 0 spiro atoms. The highest BCUT2D eigenvalue weighted by Crippen LogP contribution is 1.88. The Bertz CT molecular complexity index is 676. The van der Waals surface area contributed by atoms with Crippen LogP contribution in [0.15, 0.2) is 0 Å². The molecule has 0 aliphatic rings. The van der Waals surface area contributed by atoms with Gasteiger partial charge in [0.2, 0.25) is 0 Å². The van der Waals surface area contributed by atoms with E-state index in [1.54, 1.807) is 0 Å². The first-order chi connectivity index (χ1) is 25.9. The fraction of sp³-hybridized carbons (Fsp3) is 0.889. The smallest absolute Gasteiger partial charge is 0.107 e. The molecule has 0 N–H and O–H groups in total. The average molecular weight is 755 g/mol. The molecular weight excluding hydrogens is 688 g/mol. The number of terminal acetylenes is 2. The monoisotopic (exact) mass is 754 g/mol. The Morgan fingerprint density at radius 3 is 0.365 bits per heavy atom. The Hall–Kier alpha value is -1.52. The Balaban J connectivity index is 3.05. The average Bonchev–Trinajstić information content (AvgIpc) is 3.16. The van der Waals surface area contributed by atoms with E-state index >= 15 is 0 Å². The van der Waals surface area contributed by atoms with Crippen LogP contribution in [0, 0.1) is 24.7 Å². The zero-order chi connectivity index (χ0) is 37.4. The van der Waals surface area contributed by atoms with Gasteiger partial charge in [-0.05, 0) is 0 Å². The molecule has 0 heterocycles. The maximum Gasteiger partial charge on any atom is 0.107 e. The normalized spacial score (nSPS) is 11.3. The molecule has 0 aliphatic heterocycles. The van der Waals surface area contributed by atoms with Crippen LogP contribution in [-0.4, -0.2) is 211 Å². The fourth-order valence-corrected chi connectivity index (χ4v) is 3.46. The van der Waals surface area contributed by atoms with Crippen LogP contribution in [-0.2, 0) is 75.8 Å². The Labute approximate surface area is 311 Å². The summed E-state index contributed by atoms with van der Waals surface area (Å²) in [6.45, 7) is 15.6. The molecule has 0 saturated heterocycles. The molecule has 0 unspecified atom stereocenters. The Morgan fingerprint density at radius 1 is 0.173 bits per heavy atom. The predicted octanol–water partition coefficient (Wildman–Crippen LogP) is 0.518. The maximum absolute atomic E-state index is 5.49. The van der Waals surface area contributed by atoms with Gasteiger partial charge in [-0.2, -0.15) is 0 Å². The van der Waals surface area contributed by atoms with Crippen molar-refractivity contribution in [2.24, 2.45) is 0 Å². The number of hydrogen-bond acceptors (Lipinski definition) is 16. The molecule has 0 aliphatic carbocycles. The van der Waals surface area contributed by atoms with Crippen LogP contribution in [0.2, 0.25) is 0 Å². The molecule has 0 bridgehead atoms. The van der Waals surface area contributed by atoms with Gasteiger partial charge < -0.3 is 75.8 Å². The molecule has 0 aromatic carbocycles. The van der Waals surface area contributed by atoms with Gasteiger partial charge in [-0.3, -0.25) is 0 Å². The van der Waals surface area contributed by atoms with Crippen molar-refractivity contribution in [2.45, 2.75) is 0 Å². The summed E-state index contributed by atoms with van der Waals surface area (Å²) in [6, 6.07) is 0. The maximum atomic E-state index is 5.49. The van der Waals surface area contributed by atoms with Crippen LogP contribution >= 0.6 is 0 Å². The van der Waals surface area contributed by atoms with Gasteiger partial charge in [0.1, 0.15) is 13.2 Å². The van der Waals surface area contributed by atoms with Gasteiger partial charge in [0.15, 0.2) is 0 Å². The van der Waals surface area contributed by atoms with E-state index in [-0.39, 0.29) is 0 Å². The highest BCUT2D eigenvalue weighted by molar-refractivity contribution is 4.83. The second-order valence-electron chi connectivity index (χ2n) is 10.1. The van der Waals surface area contributed by atoms with E-state index in [0.29, 0.717) is 211 Å². The van der Waals surface area contributed by atoms with Crippen molar-refractivity contribution in [3.05, 3.63) is 0 Å². The minimum absolute atomic E-state index is 0.304. The molecule has 306 valence electrons. The van der Waals surface area contributed by atoms with E-state index in [1.807, 2.05) is 0 Å². The van der Waals surface area contributed by atoms with Crippen LogP contribution < -0.4 is 0 Å². The summed E-state index contributed by atoms with van der Waals surface area (Å²) >= 11 is 0. The van der Waals surface area contributed by atoms with Gasteiger partial charge in [-0.25, -0.2) is 0 Å². The second kappa shape index (κ2) is 49.5. The fourth-order valence-electron chi connectivity index (χ4n) is 3.46. The van der Waals surface area contributed by atoms with Crippen molar-refractivity contribution in [3.63, 3.8) is 0 Å². The minimum Gasteiger partial charge on any atom is -0.377 e. The first-order valence-electron chi connectivity index (χ1n) is 18.0. The third kappa shape index (κ3) is 48.5. The molecule has 0 atom stereocenters. The lowest BCUT2D eigenvalue weighted by Crippen LogP contribution is -2.15. The molecule has 0 radical (unpaired) electrons. The van der Waals surface area contributed by atoms with Crippen LogP contribution in [0.1, 0.15) is 0 Å². The van der Waals surface area contributed by atoms with Gasteiger partial charge in [0.05, 0.1) is 198 Å². The lowest BCUT2D eigenvalue weighted by molar-refractivity contribution is -0.0302. The van der Waals surface area contributed by atoms with Gasteiger partial charge >= 0.3 is 0 Å². The van der Waals surface area contributed by atoms with E-state index in [4.69, 9.17) is 88.6 Å². The molecule has 0 amide bonds. The van der Waals surface area contributed by atoms with E-state index in [1.165, 1.54) is 0 Å². The number of rotatable bonds is 47. The number of ether oxygens (including phenoxy) is 16. The molecule has 0 aromatic heterocycles. The summed E-state index contributed by atoms with van der Waals surface area (Å²) in [5.41, 5.74) is 0. The van der Waals surface area contributed by atoms with Crippen LogP contribution in [0.5, 0.6) is 0 Å². The minimum atomic E-state index is 0.304. The van der Waals surface area contributed by atoms with Crippen molar-refractivity contribution in [2.75, 3.05) is 211 Å². The molecule has 16 heteroatoms. The lowest BCUT2D eigenvalue weighted by atomic mass is 10.6. The molecule has 0 aromatic rings. The van der Waals surface area contributed by atoms with E-state index in [9.17, 15) is 0 Å². The van der Waals surface area contributed by atoms with Gasteiger partial charge in [-0.1, -0.05) is 11.8 Å². The first-order valence-corrected chi connectivity index (χ1v) is 18.0. The van der Waals surface area contributed by atoms with Gasteiger partial charge in [0.25, 0.3) is 0 Å². The molecular formula is C36H66O16. The number of hydrogen-bond donors (Lipinski definition) is 0. The van der Waals surface area contributed by atoms with E-state index < -0.39 is 0 Å². The summed E-state index contributed by atoms with van der Waals surface area (Å²) in [7, 11) is 0. The standard InChI is InChI=1S/C36H66O16/c1-3-5-37-7-9-39-11-13-41-15-17-43-19-21-45-23-25-47-27-29-49-31-33-51-35-36-52-34-32-50-30-28-48-26-24-46-22-20-44-18-16-42-14-12-40-10-8-38-6-4-2/h1-2H,5-36H2. The first kappa shape index (κ1) is 50.5. The SMILES string of the molecule is C#CCOCCOCCOCCOCCOCCOCCOCCOCCOCCOCCOCCOCCOCCOCCOCCOCC#C. The molecule has 0 fully saturated rings. The zero-order valence-electron chi connectivity index (χ0n) is 31.3. The summed E-state index contributed by atoms with van der Waals surface area (Å²) in [6.07, 6.45) is 10.2. The van der Waals surface area contributed by atoms with Gasteiger partial charge in [0, 0.05) is 0 Å². The lowest BCUT2D eigenvalue weighted by Gasteiger charge is -2.09. The second-order valence-corrected chi connectivity index (χ2v) is 10.1. The van der Waals surface area contributed by atoms with Crippen LogP contribution in [0.3, 0.4) is 0 Å². The summed E-state index contributed by atoms with van der Waals surface area (Å²) in [4.78, 5) is 0. The van der Waals surface area contributed by atoms with Crippen molar-refractivity contribution in [1.82, 2.24) is 0 Å². The van der Waals surface area contributed by atoms with Crippen molar-refractivity contribution in [1.29, 1.82) is 0 Å². The topological polar surface area (TPSA) is 148 Å². The molecule has 16 nitrogen and oxygen atoms in total. The van der Waals surface area contributed by atoms with Gasteiger partial charge in [-0.15, -0.1) is 12.8 Å². The third-order valence-corrected chi connectivity index (χ3v) is 5.95. The van der Waals surface area contributed by atoms with Crippen LogP contribution in [0.4, 0.5) is 0 Å². The molecule has 52 heavy (non-hydrogen) atoms. The van der Waals surface area contributed by atoms with Crippen molar-refractivity contribution in [3.8, 4) is 24.7 Å². The van der Waals surface area contributed by atoms with Crippen molar-refractivity contribution >= 4 is 0 Å². The predicted molar refractivity (Wildman–Crippen MR) is 191 cm³/mol. The molecule has 0 saturated carbocycles. The van der Waals surface area contributed by atoms with Crippen LogP contribution in [0.25, 0.3) is 0 Å². The van der Waals surface area contributed by atoms with E-state index in [0.717, 1.165) is 0 Å². The Kier molecular flexibility index (Phi) is 48.0. The largest absolute Gasteiger partial charge is 0.377 e. The third-order valence-electron chi connectivity index (χ3n) is 5.95. The molecule has 0 rings (SSSR count). The van der Waals surface area contributed by atoms with E-state index in [2.05, 4.69) is 11.8 Å². The summed E-state index contributed by atoms with van der Waals surface area (Å²) in [5, 5.41) is 0. The van der Waals surface area contributed by atoms with Crippen molar-refractivity contribution < 1.29 is 75.8 Å².